The van der Waals surface area contributed by atoms with E-state index in [1.165, 1.54) is 10.5 Å². The van der Waals surface area contributed by atoms with E-state index in [1.807, 2.05) is 24.3 Å². The molecule has 0 aliphatic carbocycles. The Balaban J connectivity index is 1.41. The fourth-order valence-corrected chi connectivity index (χ4v) is 4.95. The number of sulfonamides is 1. The number of rotatable bonds is 7. The minimum absolute atomic E-state index is 0.00499. The number of nitrogens with zero attached hydrogens (tertiary/aromatic N) is 2. The number of benzene rings is 1. The van der Waals surface area contributed by atoms with Crippen molar-refractivity contribution in [2.24, 2.45) is 5.92 Å². The fraction of sp³-hybridized carbons (Fsp3) is 0.400. The molecule has 150 valence electrons. The van der Waals surface area contributed by atoms with Crippen molar-refractivity contribution >= 4 is 27.5 Å². The summed E-state index contributed by atoms with van der Waals surface area (Å²) in [5.74, 6) is 0.292. The summed E-state index contributed by atoms with van der Waals surface area (Å²) in [6, 6.07) is 10.7. The summed E-state index contributed by atoms with van der Waals surface area (Å²) >= 11 is 5.95. The van der Waals surface area contributed by atoms with Crippen LogP contribution in [0.1, 0.15) is 24.8 Å². The van der Waals surface area contributed by atoms with Crippen LogP contribution in [0, 0.1) is 5.92 Å². The van der Waals surface area contributed by atoms with Crippen LogP contribution in [0.4, 0.5) is 0 Å². The van der Waals surface area contributed by atoms with E-state index in [9.17, 15) is 13.2 Å². The summed E-state index contributed by atoms with van der Waals surface area (Å²) in [6.07, 6.45) is 5.45. The maximum Gasteiger partial charge on any atom is 0.244 e. The van der Waals surface area contributed by atoms with E-state index < -0.39 is 10.0 Å². The van der Waals surface area contributed by atoms with E-state index in [0.29, 0.717) is 37.5 Å². The van der Waals surface area contributed by atoms with E-state index in [4.69, 9.17) is 11.6 Å². The van der Waals surface area contributed by atoms with Gasteiger partial charge in [-0.2, -0.15) is 4.31 Å². The van der Waals surface area contributed by atoms with Gasteiger partial charge in [-0.25, -0.2) is 8.42 Å². The Morgan fingerprint density at radius 1 is 1.21 bits per heavy atom. The maximum absolute atomic E-state index is 12.6. The van der Waals surface area contributed by atoms with Crippen LogP contribution in [0.15, 0.2) is 53.7 Å². The van der Waals surface area contributed by atoms with Crippen LogP contribution >= 0.6 is 11.6 Å². The number of pyridine rings is 1. The first-order valence-electron chi connectivity index (χ1n) is 9.36. The predicted molar refractivity (Wildman–Crippen MR) is 109 cm³/mol. The molecule has 6 nitrogen and oxygen atoms in total. The highest BCUT2D eigenvalue weighted by Gasteiger charge is 2.29. The first kappa shape index (κ1) is 20.8. The summed E-state index contributed by atoms with van der Waals surface area (Å²) < 4.78 is 26.7. The number of hydrogen-bond donors (Lipinski definition) is 1. The number of hydrogen-bond acceptors (Lipinski definition) is 4. The van der Waals surface area contributed by atoms with Gasteiger partial charge >= 0.3 is 0 Å². The molecule has 1 fully saturated rings. The van der Waals surface area contributed by atoms with Gasteiger partial charge in [0.2, 0.25) is 15.9 Å². The lowest BCUT2D eigenvalue weighted by molar-refractivity contribution is -0.121. The number of nitrogens with one attached hydrogen (secondary N) is 1. The maximum atomic E-state index is 12.6. The Labute approximate surface area is 171 Å². The lowest BCUT2D eigenvalue weighted by Crippen LogP contribution is -2.41. The van der Waals surface area contributed by atoms with Crippen molar-refractivity contribution < 1.29 is 13.2 Å². The van der Waals surface area contributed by atoms with Crippen molar-refractivity contribution in [3.8, 4) is 0 Å². The highest BCUT2D eigenvalue weighted by atomic mass is 35.5. The van der Waals surface area contributed by atoms with Crippen molar-refractivity contribution in [3.63, 3.8) is 0 Å². The van der Waals surface area contributed by atoms with Gasteiger partial charge < -0.3 is 5.32 Å². The number of aryl methyl sites for hydroxylation is 1. The average molecular weight is 422 g/mol. The number of amides is 1. The first-order valence-corrected chi connectivity index (χ1v) is 11.2. The standard InChI is InChI=1S/C20H24ClN3O3S/c21-18-4-1-3-16(13-18)6-7-20(25)23-14-17-8-11-24(12-9-17)28(26,27)19-5-2-10-22-15-19/h1-5,10,13,15,17H,6-9,11-12,14H2,(H,23,25). The normalized spacial score (nSPS) is 16.0. The quantitative estimate of drug-likeness (QED) is 0.745. The Morgan fingerprint density at radius 3 is 2.68 bits per heavy atom. The zero-order chi connectivity index (χ0) is 20.0. The minimum atomic E-state index is -3.49. The van der Waals surface area contributed by atoms with Gasteiger partial charge in [-0.1, -0.05) is 23.7 Å². The molecule has 0 bridgehead atoms. The van der Waals surface area contributed by atoms with Crippen molar-refractivity contribution in [1.82, 2.24) is 14.6 Å². The lowest BCUT2D eigenvalue weighted by atomic mass is 9.98. The molecule has 3 rings (SSSR count). The molecule has 2 heterocycles. The van der Waals surface area contributed by atoms with E-state index in [1.54, 1.807) is 18.3 Å². The second-order valence-electron chi connectivity index (χ2n) is 6.97. The number of halogens is 1. The van der Waals surface area contributed by atoms with Crippen molar-refractivity contribution in [2.45, 2.75) is 30.6 Å². The smallest absolute Gasteiger partial charge is 0.244 e. The third-order valence-electron chi connectivity index (χ3n) is 4.96. The number of carbonyl (C=O) groups is 1. The van der Waals surface area contributed by atoms with Crippen LogP contribution < -0.4 is 5.32 Å². The van der Waals surface area contributed by atoms with Gasteiger partial charge in [0.25, 0.3) is 0 Å². The summed E-state index contributed by atoms with van der Waals surface area (Å²) in [5, 5.41) is 3.64. The Morgan fingerprint density at radius 2 is 2.00 bits per heavy atom. The third kappa shape index (κ3) is 5.53. The van der Waals surface area contributed by atoms with Gasteiger partial charge in [-0.3, -0.25) is 9.78 Å². The van der Waals surface area contributed by atoms with E-state index in [-0.39, 0.29) is 16.7 Å². The third-order valence-corrected chi connectivity index (χ3v) is 7.08. The van der Waals surface area contributed by atoms with Crippen LogP contribution in [-0.4, -0.2) is 43.2 Å². The van der Waals surface area contributed by atoms with E-state index in [2.05, 4.69) is 10.3 Å². The van der Waals surface area contributed by atoms with Crippen molar-refractivity contribution in [2.75, 3.05) is 19.6 Å². The van der Waals surface area contributed by atoms with Crippen LogP contribution in [0.25, 0.3) is 0 Å². The molecule has 2 aromatic rings. The van der Waals surface area contributed by atoms with Gasteiger partial charge in [0.05, 0.1) is 0 Å². The van der Waals surface area contributed by atoms with Crippen LogP contribution in [0.3, 0.4) is 0 Å². The van der Waals surface area contributed by atoms with Crippen molar-refractivity contribution in [1.29, 1.82) is 0 Å². The molecule has 1 N–H and O–H groups in total. The molecule has 0 atom stereocenters. The summed E-state index contributed by atoms with van der Waals surface area (Å²) in [6.45, 7) is 1.50. The lowest BCUT2D eigenvalue weighted by Gasteiger charge is -2.31. The molecule has 8 heteroatoms. The highest BCUT2D eigenvalue weighted by Crippen LogP contribution is 2.23. The largest absolute Gasteiger partial charge is 0.356 e. The van der Waals surface area contributed by atoms with Gasteiger partial charge in [0.15, 0.2) is 0 Å². The second kappa shape index (κ2) is 9.49. The Hall–Kier alpha value is -1.96. The Bertz CT molecular complexity index is 898. The second-order valence-corrected chi connectivity index (χ2v) is 9.34. The first-order chi connectivity index (χ1) is 13.4. The molecule has 0 spiro atoms. The SMILES string of the molecule is O=C(CCc1cccc(Cl)c1)NCC1CCN(S(=O)(=O)c2cccnc2)CC1. The fourth-order valence-electron chi connectivity index (χ4n) is 3.30. The molecular formula is C20H24ClN3O3S. The van der Waals surface area contributed by atoms with Crippen LogP contribution in [-0.2, 0) is 21.2 Å². The van der Waals surface area contributed by atoms with Gasteiger partial charge in [0, 0.05) is 43.5 Å². The monoisotopic (exact) mass is 421 g/mol. The minimum Gasteiger partial charge on any atom is -0.356 e. The molecule has 0 saturated carbocycles. The molecule has 1 aromatic carbocycles. The molecule has 1 amide bonds. The molecule has 1 saturated heterocycles. The zero-order valence-corrected chi connectivity index (χ0v) is 17.1. The topological polar surface area (TPSA) is 79.4 Å². The van der Waals surface area contributed by atoms with E-state index >= 15 is 0 Å². The summed E-state index contributed by atoms with van der Waals surface area (Å²) in [4.78, 5) is 16.2. The summed E-state index contributed by atoms with van der Waals surface area (Å²) in [7, 11) is -3.49. The number of piperidine rings is 1. The highest BCUT2D eigenvalue weighted by molar-refractivity contribution is 7.89. The number of carbonyl (C=O) groups excluding carboxylic acids is 1. The molecule has 1 aliphatic heterocycles. The molecule has 1 aliphatic rings. The van der Waals surface area contributed by atoms with Gasteiger partial charge in [0.1, 0.15) is 4.90 Å². The predicted octanol–water partition coefficient (Wildman–Crippen LogP) is 2.88. The summed E-state index contributed by atoms with van der Waals surface area (Å²) in [5.41, 5.74) is 1.04. The van der Waals surface area contributed by atoms with Crippen molar-refractivity contribution in [3.05, 3.63) is 59.4 Å². The molecule has 0 unspecified atom stereocenters. The average Bonchev–Trinajstić information content (AvgIpc) is 2.72. The zero-order valence-electron chi connectivity index (χ0n) is 15.6. The van der Waals surface area contributed by atoms with Gasteiger partial charge in [-0.15, -0.1) is 0 Å². The van der Waals surface area contributed by atoms with E-state index in [0.717, 1.165) is 18.4 Å². The van der Waals surface area contributed by atoms with Gasteiger partial charge in [-0.05, 0) is 55.0 Å². The molecule has 0 radical (unpaired) electrons. The molecule has 28 heavy (non-hydrogen) atoms. The Kier molecular flexibility index (Phi) is 7.04. The molecule has 1 aromatic heterocycles. The number of aromatic nitrogens is 1. The van der Waals surface area contributed by atoms with Crippen LogP contribution in [0.5, 0.6) is 0 Å². The van der Waals surface area contributed by atoms with Crippen LogP contribution in [0.2, 0.25) is 5.02 Å². The molecular weight excluding hydrogens is 398 g/mol.